The van der Waals surface area contributed by atoms with Crippen LogP contribution in [0.2, 0.25) is 0 Å². The molecule has 4 heteroatoms. The molecular formula is C18H19N3O. The molecule has 0 heterocycles. The summed E-state index contributed by atoms with van der Waals surface area (Å²) in [5.74, 6) is -0.302. The lowest BCUT2D eigenvalue weighted by Crippen LogP contribution is -2.30. The number of hydrogen-bond acceptors (Lipinski definition) is 3. The molecule has 0 aromatic heterocycles. The topological polar surface area (TPSA) is 78.9 Å². The maximum atomic E-state index is 10.8. The van der Waals surface area contributed by atoms with Crippen molar-refractivity contribution < 1.29 is 4.79 Å². The lowest BCUT2D eigenvalue weighted by atomic mass is 9.99. The first-order chi connectivity index (χ1) is 10.6. The molecule has 1 atom stereocenters. The maximum absolute atomic E-state index is 10.8. The Balaban J connectivity index is 2.05. The van der Waals surface area contributed by atoms with Crippen molar-refractivity contribution in [2.75, 3.05) is 0 Å². The molecule has 112 valence electrons. The number of nitrogens with zero attached hydrogens (tertiary/aromatic N) is 1. The molecule has 0 aliphatic heterocycles. The maximum Gasteiger partial charge on any atom is 0.218 e. The molecule has 0 aliphatic rings. The number of carbonyl (C=O) groups is 1. The highest BCUT2D eigenvalue weighted by atomic mass is 16.1. The number of nitriles is 1. The van der Waals surface area contributed by atoms with Gasteiger partial charge in [-0.25, -0.2) is 0 Å². The molecule has 0 unspecified atom stereocenters. The summed E-state index contributed by atoms with van der Waals surface area (Å²) < 4.78 is 0. The zero-order valence-corrected chi connectivity index (χ0v) is 12.5. The number of carbonyl (C=O) groups excluding carboxylic acids is 1. The van der Waals surface area contributed by atoms with Gasteiger partial charge in [-0.15, -0.1) is 0 Å². The summed E-state index contributed by atoms with van der Waals surface area (Å²) in [5.41, 5.74) is 8.91. The number of primary amides is 1. The van der Waals surface area contributed by atoms with Gasteiger partial charge >= 0.3 is 0 Å². The Morgan fingerprint density at radius 3 is 2.55 bits per heavy atom. The second-order valence-corrected chi connectivity index (χ2v) is 5.31. The predicted molar refractivity (Wildman–Crippen MR) is 86.7 cm³/mol. The molecule has 0 aliphatic carbocycles. The minimum absolute atomic E-state index is 0.0523. The fraction of sp³-hybridized carbons (Fsp3) is 0.222. The average molecular weight is 293 g/mol. The third kappa shape index (κ3) is 4.18. The molecule has 0 spiro atoms. The minimum atomic E-state index is -0.302. The number of nitrogens with two attached hydrogens (primary N) is 1. The molecule has 22 heavy (non-hydrogen) atoms. The largest absolute Gasteiger partial charge is 0.370 e. The summed E-state index contributed by atoms with van der Waals surface area (Å²) >= 11 is 0. The predicted octanol–water partition coefficient (Wildman–Crippen LogP) is 2.58. The van der Waals surface area contributed by atoms with E-state index < -0.39 is 0 Å². The van der Waals surface area contributed by atoms with Crippen LogP contribution in [0, 0.1) is 11.3 Å². The van der Waals surface area contributed by atoms with E-state index in [1.807, 2.05) is 55.5 Å². The lowest BCUT2D eigenvalue weighted by Gasteiger charge is -2.12. The van der Waals surface area contributed by atoms with E-state index in [9.17, 15) is 4.79 Å². The molecule has 2 aromatic rings. The van der Waals surface area contributed by atoms with Crippen LogP contribution in [0.3, 0.4) is 0 Å². The van der Waals surface area contributed by atoms with E-state index in [4.69, 9.17) is 11.0 Å². The summed E-state index contributed by atoms with van der Waals surface area (Å²) in [4.78, 5) is 10.8. The summed E-state index contributed by atoms with van der Waals surface area (Å²) in [5, 5.41) is 12.4. The zero-order valence-electron chi connectivity index (χ0n) is 12.5. The Bertz CT molecular complexity index is 686. The van der Waals surface area contributed by atoms with Crippen LogP contribution in [-0.4, -0.2) is 11.9 Å². The fourth-order valence-electron chi connectivity index (χ4n) is 2.30. The Morgan fingerprint density at radius 1 is 1.23 bits per heavy atom. The molecule has 1 amide bonds. The number of nitrogens with one attached hydrogen (secondary N) is 1. The zero-order chi connectivity index (χ0) is 15.9. The molecule has 4 nitrogen and oxygen atoms in total. The van der Waals surface area contributed by atoms with Gasteiger partial charge in [-0.3, -0.25) is 4.79 Å². The summed E-state index contributed by atoms with van der Waals surface area (Å²) in [6.45, 7) is 2.61. The average Bonchev–Trinajstić information content (AvgIpc) is 2.53. The third-order valence-corrected chi connectivity index (χ3v) is 3.47. The normalized spacial score (nSPS) is 11.6. The molecule has 0 saturated heterocycles. The summed E-state index contributed by atoms with van der Waals surface area (Å²) in [6, 6.07) is 17.9. The van der Waals surface area contributed by atoms with Crippen LogP contribution in [0.1, 0.15) is 24.5 Å². The van der Waals surface area contributed by atoms with Crippen molar-refractivity contribution in [1.82, 2.24) is 5.32 Å². The molecular weight excluding hydrogens is 274 g/mol. The van der Waals surface area contributed by atoms with Gasteiger partial charge in [0.25, 0.3) is 0 Å². The smallest absolute Gasteiger partial charge is 0.218 e. The van der Waals surface area contributed by atoms with Gasteiger partial charge in [0.1, 0.15) is 0 Å². The van der Waals surface area contributed by atoms with Gasteiger partial charge in [-0.2, -0.15) is 5.26 Å². The van der Waals surface area contributed by atoms with Crippen LogP contribution in [0.15, 0.2) is 48.5 Å². The second-order valence-electron chi connectivity index (χ2n) is 5.31. The number of rotatable bonds is 6. The van der Waals surface area contributed by atoms with Gasteiger partial charge in [0, 0.05) is 19.0 Å². The van der Waals surface area contributed by atoms with Crippen LogP contribution in [0.5, 0.6) is 0 Å². The molecule has 2 aromatic carbocycles. The van der Waals surface area contributed by atoms with Gasteiger partial charge in [0.2, 0.25) is 5.91 Å². The first-order valence-corrected chi connectivity index (χ1v) is 7.20. The highest BCUT2D eigenvalue weighted by Gasteiger charge is 2.06. The van der Waals surface area contributed by atoms with Crippen molar-refractivity contribution in [1.29, 1.82) is 5.26 Å². The van der Waals surface area contributed by atoms with E-state index >= 15 is 0 Å². The Morgan fingerprint density at radius 2 is 1.91 bits per heavy atom. The van der Waals surface area contributed by atoms with E-state index in [1.54, 1.807) is 0 Å². The van der Waals surface area contributed by atoms with Gasteiger partial charge in [-0.05, 0) is 29.7 Å². The number of hydrogen-bond donors (Lipinski definition) is 2. The van der Waals surface area contributed by atoms with Crippen molar-refractivity contribution in [3.05, 3.63) is 59.7 Å². The Kier molecular flexibility index (Phi) is 5.29. The van der Waals surface area contributed by atoms with Gasteiger partial charge in [-0.1, -0.05) is 42.5 Å². The van der Waals surface area contributed by atoms with Crippen molar-refractivity contribution >= 4 is 5.91 Å². The van der Waals surface area contributed by atoms with Crippen LogP contribution in [0.4, 0.5) is 0 Å². The monoisotopic (exact) mass is 293 g/mol. The van der Waals surface area contributed by atoms with Crippen LogP contribution >= 0.6 is 0 Å². The lowest BCUT2D eigenvalue weighted by molar-refractivity contribution is -0.118. The van der Waals surface area contributed by atoms with E-state index in [1.165, 1.54) is 0 Å². The quantitative estimate of drug-likeness (QED) is 0.859. The minimum Gasteiger partial charge on any atom is -0.370 e. The van der Waals surface area contributed by atoms with Crippen molar-refractivity contribution in [2.24, 2.45) is 5.73 Å². The van der Waals surface area contributed by atoms with Crippen molar-refractivity contribution in [2.45, 2.75) is 25.9 Å². The van der Waals surface area contributed by atoms with Gasteiger partial charge in [0.15, 0.2) is 0 Å². The first kappa shape index (κ1) is 15.7. The van der Waals surface area contributed by atoms with E-state index in [2.05, 4.69) is 11.4 Å². The molecule has 0 radical (unpaired) electrons. The molecule has 2 rings (SSSR count). The Hall–Kier alpha value is -2.64. The van der Waals surface area contributed by atoms with Crippen LogP contribution < -0.4 is 11.1 Å². The van der Waals surface area contributed by atoms with Crippen LogP contribution in [0.25, 0.3) is 11.1 Å². The van der Waals surface area contributed by atoms with Crippen LogP contribution in [-0.2, 0) is 11.3 Å². The number of amides is 1. The SMILES string of the molecule is C[C@@H](CC(N)=O)NCc1ccc(-c2ccccc2C#N)cc1. The summed E-state index contributed by atoms with van der Waals surface area (Å²) in [6.07, 6.45) is 0.327. The van der Waals surface area contributed by atoms with Crippen molar-refractivity contribution in [3.63, 3.8) is 0 Å². The van der Waals surface area contributed by atoms with E-state index in [-0.39, 0.29) is 11.9 Å². The molecule has 0 saturated carbocycles. The highest BCUT2D eigenvalue weighted by Crippen LogP contribution is 2.23. The molecule has 0 fully saturated rings. The van der Waals surface area contributed by atoms with E-state index in [0.717, 1.165) is 16.7 Å². The summed E-state index contributed by atoms with van der Waals surface area (Å²) in [7, 11) is 0. The molecule has 0 bridgehead atoms. The van der Waals surface area contributed by atoms with Gasteiger partial charge in [0.05, 0.1) is 11.6 Å². The highest BCUT2D eigenvalue weighted by molar-refractivity contribution is 5.74. The fourth-order valence-corrected chi connectivity index (χ4v) is 2.30. The Labute approximate surface area is 130 Å². The van der Waals surface area contributed by atoms with E-state index in [0.29, 0.717) is 18.5 Å². The van der Waals surface area contributed by atoms with Gasteiger partial charge < -0.3 is 11.1 Å². The number of benzene rings is 2. The molecule has 3 N–H and O–H groups in total. The standard InChI is InChI=1S/C18H19N3O/c1-13(10-18(20)22)21-12-14-6-8-15(9-7-14)17-5-3-2-4-16(17)11-19/h2-9,13,21H,10,12H2,1H3,(H2,20,22)/t13-/m0/s1. The van der Waals surface area contributed by atoms with Crippen molar-refractivity contribution in [3.8, 4) is 17.2 Å². The first-order valence-electron chi connectivity index (χ1n) is 7.20. The third-order valence-electron chi connectivity index (χ3n) is 3.47. The second kappa shape index (κ2) is 7.39.